The van der Waals surface area contributed by atoms with Gasteiger partial charge in [0.2, 0.25) is 5.95 Å². The number of hydrogen-bond donors (Lipinski definition) is 2. The summed E-state index contributed by atoms with van der Waals surface area (Å²) in [6, 6.07) is 9.90. The van der Waals surface area contributed by atoms with E-state index >= 15 is 0 Å². The van der Waals surface area contributed by atoms with Crippen molar-refractivity contribution >= 4 is 11.6 Å². The van der Waals surface area contributed by atoms with Crippen molar-refractivity contribution in [3.05, 3.63) is 59.7 Å². The van der Waals surface area contributed by atoms with Crippen LogP contribution in [0.5, 0.6) is 0 Å². The van der Waals surface area contributed by atoms with Gasteiger partial charge in [-0.15, -0.1) is 0 Å². The molecule has 0 aliphatic carbocycles. The average molecular weight is 274 g/mol. The molecule has 0 bridgehead atoms. The van der Waals surface area contributed by atoms with Crippen LogP contribution >= 0.6 is 0 Å². The summed E-state index contributed by atoms with van der Waals surface area (Å²) in [6.45, 7) is 0.132. The van der Waals surface area contributed by atoms with Gasteiger partial charge in [0.25, 0.3) is 5.91 Å². The summed E-state index contributed by atoms with van der Waals surface area (Å²) in [5.41, 5.74) is 1.89. The first-order valence-electron chi connectivity index (χ1n) is 6.32. The van der Waals surface area contributed by atoms with E-state index < -0.39 is 5.95 Å². The predicted octanol–water partition coefficient (Wildman–Crippen LogP) is 2.40. The van der Waals surface area contributed by atoms with Gasteiger partial charge in [0.05, 0.1) is 0 Å². The lowest BCUT2D eigenvalue weighted by Crippen LogP contribution is -2.12. The summed E-state index contributed by atoms with van der Waals surface area (Å²) >= 11 is 0. The van der Waals surface area contributed by atoms with Crippen LogP contribution < -0.4 is 5.32 Å². The second-order valence-corrected chi connectivity index (χ2v) is 4.35. The summed E-state index contributed by atoms with van der Waals surface area (Å²) in [6.07, 6.45) is 2.67. The van der Waals surface area contributed by atoms with Crippen LogP contribution in [0.15, 0.2) is 42.6 Å². The number of halogens is 1. The van der Waals surface area contributed by atoms with Crippen molar-refractivity contribution in [3.8, 4) is 0 Å². The number of pyridine rings is 1. The molecule has 1 aromatic carbocycles. The number of aromatic nitrogens is 1. The number of nitrogens with one attached hydrogen (secondary N) is 1. The Hall–Kier alpha value is -2.27. The summed E-state index contributed by atoms with van der Waals surface area (Å²) in [5.74, 6) is -1.07. The molecular weight excluding hydrogens is 259 g/mol. The molecule has 2 N–H and O–H groups in total. The van der Waals surface area contributed by atoms with E-state index in [1.807, 2.05) is 18.2 Å². The topological polar surface area (TPSA) is 62.2 Å². The summed E-state index contributed by atoms with van der Waals surface area (Å²) in [4.78, 5) is 15.4. The molecule has 20 heavy (non-hydrogen) atoms. The van der Waals surface area contributed by atoms with Gasteiger partial charge in [-0.3, -0.25) is 4.79 Å². The van der Waals surface area contributed by atoms with Crippen LogP contribution in [-0.2, 0) is 6.42 Å². The second-order valence-electron chi connectivity index (χ2n) is 4.35. The Morgan fingerprint density at radius 2 is 2.15 bits per heavy atom. The van der Waals surface area contributed by atoms with Crippen molar-refractivity contribution in [1.82, 2.24) is 4.98 Å². The lowest BCUT2D eigenvalue weighted by molar-refractivity contribution is 0.102. The third-order valence-corrected chi connectivity index (χ3v) is 2.80. The molecule has 0 saturated carbocycles. The van der Waals surface area contributed by atoms with E-state index in [-0.39, 0.29) is 18.1 Å². The number of carbonyl (C=O) groups excluding carboxylic acids is 1. The van der Waals surface area contributed by atoms with Gasteiger partial charge in [-0.25, -0.2) is 4.98 Å². The first kappa shape index (κ1) is 14.1. The van der Waals surface area contributed by atoms with Crippen LogP contribution in [0.2, 0.25) is 0 Å². The van der Waals surface area contributed by atoms with Crippen LogP contribution in [0, 0.1) is 5.95 Å². The Kier molecular flexibility index (Phi) is 4.79. The largest absolute Gasteiger partial charge is 0.396 e. The molecule has 0 saturated heterocycles. The quantitative estimate of drug-likeness (QED) is 0.823. The van der Waals surface area contributed by atoms with E-state index in [1.54, 1.807) is 6.07 Å². The highest BCUT2D eigenvalue weighted by molar-refractivity contribution is 6.04. The van der Waals surface area contributed by atoms with Crippen molar-refractivity contribution < 1.29 is 14.3 Å². The molecule has 1 aromatic heterocycles. The normalized spacial score (nSPS) is 10.3. The molecule has 2 rings (SSSR count). The van der Waals surface area contributed by atoms with Crippen molar-refractivity contribution in [2.24, 2.45) is 0 Å². The monoisotopic (exact) mass is 274 g/mol. The molecule has 0 unspecified atom stereocenters. The summed E-state index contributed by atoms with van der Waals surface area (Å²) < 4.78 is 13.0. The maximum Gasteiger partial charge on any atom is 0.255 e. The number of anilines is 1. The fraction of sp³-hybridized carbons (Fsp3) is 0.200. The Bertz CT molecular complexity index is 602. The Balaban J connectivity index is 2.07. The SMILES string of the molecule is O=C(Nc1cccc(CCCO)c1)c1ccnc(F)c1. The minimum Gasteiger partial charge on any atom is -0.396 e. The molecular formula is C15H15FN2O2. The first-order valence-corrected chi connectivity index (χ1v) is 6.32. The third kappa shape index (κ3) is 3.86. The molecule has 0 radical (unpaired) electrons. The van der Waals surface area contributed by atoms with Crippen LogP contribution in [-0.4, -0.2) is 22.6 Å². The molecule has 0 fully saturated rings. The summed E-state index contributed by atoms with van der Waals surface area (Å²) in [7, 11) is 0. The molecule has 2 aromatic rings. The summed E-state index contributed by atoms with van der Waals surface area (Å²) in [5, 5.41) is 11.5. The van der Waals surface area contributed by atoms with Crippen LogP contribution in [0.1, 0.15) is 22.3 Å². The molecule has 4 nitrogen and oxygen atoms in total. The van der Waals surface area contributed by atoms with E-state index in [9.17, 15) is 9.18 Å². The van der Waals surface area contributed by atoms with Crippen molar-refractivity contribution in [2.45, 2.75) is 12.8 Å². The number of nitrogens with zero attached hydrogens (tertiary/aromatic N) is 1. The van der Waals surface area contributed by atoms with Gasteiger partial charge in [0.1, 0.15) is 0 Å². The molecule has 0 aliphatic heterocycles. The van der Waals surface area contributed by atoms with E-state index in [2.05, 4.69) is 10.3 Å². The van der Waals surface area contributed by atoms with E-state index in [1.165, 1.54) is 12.3 Å². The maximum atomic E-state index is 13.0. The Labute approximate surface area is 116 Å². The molecule has 104 valence electrons. The van der Waals surface area contributed by atoms with Crippen molar-refractivity contribution in [3.63, 3.8) is 0 Å². The van der Waals surface area contributed by atoms with Gasteiger partial charge in [-0.05, 0) is 36.6 Å². The van der Waals surface area contributed by atoms with Crippen LogP contribution in [0.4, 0.5) is 10.1 Å². The number of amides is 1. The zero-order chi connectivity index (χ0) is 14.4. The minimum atomic E-state index is -0.686. The Morgan fingerprint density at radius 1 is 1.30 bits per heavy atom. The van der Waals surface area contributed by atoms with Gasteiger partial charge in [-0.2, -0.15) is 4.39 Å². The number of benzene rings is 1. The standard InChI is InChI=1S/C15H15FN2O2/c16-14-10-12(6-7-17-14)15(20)18-13-5-1-3-11(9-13)4-2-8-19/h1,3,5-7,9-10,19H,2,4,8H2,(H,18,20). The highest BCUT2D eigenvalue weighted by Gasteiger charge is 2.07. The van der Waals surface area contributed by atoms with Crippen LogP contribution in [0.3, 0.4) is 0 Å². The zero-order valence-electron chi connectivity index (χ0n) is 10.8. The highest BCUT2D eigenvalue weighted by atomic mass is 19.1. The molecule has 0 aliphatic rings. The fourth-order valence-electron chi connectivity index (χ4n) is 1.83. The third-order valence-electron chi connectivity index (χ3n) is 2.80. The van der Waals surface area contributed by atoms with Gasteiger partial charge < -0.3 is 10.4 Å². The van der Waals surface area contributed by atoms with Crippen molar-refractivity contribution in [2.75, 3.05) is 11.9 Å². The van der Waals surface area contributed by atoms with E-state index in [0.717, 1.165) is 18.1 Å². The fourth-order valence-corrected chi connectivity index (χ4v) is 1.83. The average Bonchev–Trinajstić information content (AvgIpc) is 2.45. The van der Waals surface area contributed by atoms with Crippen molar-refractivity contribution in [1.29, 1.82) is 0 Å². The van der Waals surface area contributed by atoms with Gasteiger partial charge >= 0.3 is 0 Å². The highest BCUT2D eigenvalue weighted by Crippen LogP contribution is 2.13. The second kappa shape index (κ2) is 6.77. The van der Waals surface area contributed by atoms with E-state index in [4.69, 9.17) is 5.11 Å². The molecule has 0 atom stereocenters. The lowest BCUT2D eigenvalue weighted by Gasteiger charge is -2.07. The Morgan fingerprint density at radius 3 is 2.90 bits per heavy atom. The minimum absolute atomic E-state index is 0.132. The molecule has 1 amide bonds. The maximum absolute atomic E-state index is 13.0. The molecule has 5 heteroatoms. The first-order chi connectivity index (χ1) is 9.69. The van der Waals surface area contributed by atoms with Gasteiger partial charge in [0, 0.05) is 30.1 Å². The molecule has 0 spiro atoms. The van der Waals surface area contributed by atoms with Gasteiger partial charge in [-0.1, -0.05) is 12.1 Å². The number of carbonyl (C=O) groups is 1. The predicted molar refractivity (Wildman–Crippen MR) is 74.0 cm³/mol. The number of aliphatic hydroxyl groups is 1. The van der Waals surface area contributed by atoms with Crippen LogP contribution in [0.25, 0.3) is 0 Å². The zero-order valence-corrected chi connectivity index (χ0v) is 10.8. The number of rotatable bonds is 5. The number of aliphatic hydroxyl groups excluding tert-OH is 1. The number of aryl methyl sites for hydroxylation is 1. The molecule has 1 heterocycles. The van der Waals surface area contributed by atoms with E-state index in [0.29, 0.717) is 12.1 Å². The number of hydrogen-bond acceptors (Lipinski definition) is 3. The van der Waals surface area contributed by atoms with Gasteiger partial charge in [0.15, 0.2) is 0 Å². The smallest absolute Gasteiger partial charge is 0.255 e. The lowest BCUT2D eigenvalue weighted by atomic mass is 10.1.